The molecule has 0 spiro atoms. The molecule has 0 aromatic heterocycles. The average molecular weight is 453 g/mol. The van der Waals surface area contributed by atoms with E-state index in [9.17, 15) is 8.42 Å². The molecule has 5 rings (SSSR count). The van der Waals surface area contributed by atoms with E-state index in [1.165, 1.54) is 48.8 Å². The Morgan fingerprint density at radius 3 is 2.34 bits per heavy atom. The predicted octanol–water partition coefficient (Wildman–Crippen LogP) is 5.19. The van der Waals surface area contributed by atoms with Gasteiger partial charge in [-0.3, -0.25) is 4.90 Å². The van der Waals surface area contributed by atoms with Gasteiger partial charge in [-0.15, -0.1) is 0 Å². The molecule has 1 atom stereocenters. The number of benzene rings is 2. The largest absolute Gasteiger partial charge is 0.298 e. The van der Waals surface area contributed by atoms with Crippen LogP contribution in [0.1, 0.15) is 67.6 Å². The van der Waals surface area contributed by atoms with Gasteiger partial charge < -0.3 is 0 Å². The Bertz CT molecular complexity index is 1010. The Morgan fingerprint density at radius 1 is 0.812 bits per heavy atom. The summed E-state index contributed by atoms with van der Waals surface area (Å²) in [5, 5.41) is 0. The SMILES string of the molecule is O=S(=O)(c1ccc(C2CCCCC2)cc1)N1CCCC(CN2CCc3ccccc3C2)C1. The van der Waals surface area contributed by atoms with Crippen molar-refractivity contribution in [1.82, 2.24) is 9.21 Å². The van der Waals surface area contributed by atoms with Crippen molar-refractivity contribution in [3.63, 3.8) is 0 Å². The molecule has 1 saturated heterocycles. The van der Waals surface area contributed by atoms with E-state index >= 15 is 0 Å². The average Bonchev–Trinajstić information content (AvgIpc) is 2.85. The van der Waals surface area contributed by atoms with E-state index < -0.39 is 10.0 Å². The van der Waals surface area contributed by atoms with Crippen LogP contribution in [-0.2, 0) is 23.0 Å². The number of rotatable bonds is 5. The minimum absolute atomic E-state index is 0.408. The highest BCUT2D eigenvalue weighted by atomic mass is 32.2. The standard InChI is InChI=1S/C27H36N2O2S/c30-32(31,27-14-12-25(13-15-27)23-8-2-1-3-9-23)29-17-6-7-22(20-29)19-28-18-16-24-10-4-5-11-26(24)21-28/h4-5,10-15,22-23H,1-3,6-9,16-21H2. The first kappa shape index (κ1) is 22.1. The zero-order valence-corrected chi connectivity index (χ0v) is 19.9. The van der Waals surface area contributed by atoms with Gasteiger partial charge in [-0.05, 0) is 72.8 Å². The Balaban J connectivity index is 1.22. The highest BCUT2D eigenvalue weighted by molar-refractivity contribution is 7.89. The van der Waals surface area contributed by atoms with Crippen molar-refractivity contribution < 1.29 is 8.42 Å². The number of hydrogen-bond donors (Lipinski definition) is 0. The van der Waals surface area contributed by atoms with E-state index in [0.717, 1.165) is 38.9 Å². The summed E-state index contributed by atoms with van der Waals surface area (Å²) in [6.45, 7) is 4.34. The second-order valence-electron chi connectivity index (χ2n) is 10.0. The minimum atomic E-state index is -3.42. The van der Waals surface area contributed by atoms with Crippen LogP contribution in [0.25, 0.3) is 0 Å². The van der Waals surface area contributed by atoms with E-state index in [0.29, 0.717) is 29.8 Å². The second-order valence-corrected chi connectivity index (χ2v) is 12.0. The molecule has 1 unspecified atom stereocenters. The van der Waals surface area contributed by atoms with Crippen LogP contribution in [0.2, 0.25) is 0 Å². The third-order valence-electron chi connectivity index (χ3n) is 7.80. The van der Waals surface area contributed by atoms with Crippen LogP contribution < -0.4 is 0 Å². The van der Waals surface area contributed by atoms with E-state index in [1.54, 1.807) is 4.31 Å². The number of fused-ring (bicyclic) bond motifs is 1. The third kappa shape index (κ3) is 4.80. The number of nitrogens with zero attached hydrogens (tertiary/aromatic N) is 2. The van der Waals surface area contributed by atoms with Crippen LogP contribution in [0, 0.1) is 5.92 Å². The fourth-order valence-electron chi connectivity index (χ4n) is 5.97. The first-order chi connectivity index (χ1) is 15.6. The lowest BCUT2D eigenvalue weighted by atomic mass is 9.84. The predicted molar refractivity (Wildman–Crippen MR) is 129 cm³/mol. The van der Waals surface area contributed by atoms with Crippen molar-refractivity contribution in [1.29, 1.82) is 0 Å². The summed E-state index contributed by atoms with van der Waals surface area (Å²) >= 11 is 0. The van der Waals surface area contributed by atoms with E-state index in [-0.39, 0.29) is 0 Å². The van der Waals surface area contributed by atoms with Gasteiger partial charge in [0.05, 0.1) is 4.90 Å². The molecule has 2 aromatic rings. The second kappa shape index (κ2) is 9.66. The van der Waals surface area contributed by atoms with Crippen molar-refractivity contribution in [2.24, 2.45) is 5.92 Å². The van der Waals surface area contributed by atoms with Gasteiger partial charge in [-0.25, -0.2) is 8.42 Å². The molecule has 0 amide bonds. The summed E-state index contributed by atoms with van der Waals surface area (Å²) < 4.78 is 28.5. The molecule has 5 heteroatoms. The van der Waals surface area contributed by atoms with Gasteiger partial charge in [0.1, 0.15) is 0 Å². The highest BCUT2D eigenvalue weighted by Gasteiger charge is 2.31. The Kier molecular flexibility index (Phi) is 6.68. The molecule has 1 saturated carbocycles. The van der Waals surface area contributed by atoms with Crippen LogP contribution >= 0.6 is 0 Å². The first-order valence-electron chi connectivity index (χ1n) is 12.5. The molecule has 2 aromatic carbocycles. The van der Waals surface area contributed by atoms with E-state index in [2.05, 4.69) is 41.3 Å². The molecule has 2 fully saturated rings. The molecule has 2 heterocycles. The highest BCUT2D eigenvalue weighted by Crippen LogP contribution is 2.33. The molecule has 32 heavy (non-hydrogen) atoms. The summed E-state index contributed by atoms with van der Waals surface area (Å²) in [5.41, 5.74) is 4.20. The van der Waals surface area contributed by atoms with Crippen LogP contribution in [0.5, 0.6) is 0 Å². The molecule has 172 valence electrons. The van der Waals surface area contributed by atoms with Crippen LogP contribution in [0.4, 0.5) is 0 Å². The normalized spacial score (nSPS) is 23.7. The van der Waals surface area contributed by atoms with Gasteiger partial charge in [0.2, 0.25) is 10.0 Å². The first-order valence-corrected chi connectivity index (χ1v) is 13.9. The maximum absolute atomic E-state index is 13.4. The molecular weight excluding hydrogens is 416 g/mol. The maximum Gasteiger partial charge on any atom is 0.243 e. The third-order valence-corrected chi connectivity index (χ3v) is 9.68. The van der Waals surface area contributed by atoms with Gasteiger partial charge in [0, 0.05) is 32.7 Å². The summed E-state index contributed by atoms with van der Waals surface area (Å²) in [7, 11) is -3.42. The van der Waals surface area contributed by atoms with Gasteiger partial charge in [0.15, 0.2) is 0 Å². The van der Waals surface area contributed by atoms with Crippen molar-refractivity contribution in [3.8, 4) is 0 Å². The van der Waals surface area contributed by atoms with E-state index in [1.807, 2.05) is 12.1 Å². The van der Waals surface area contributed by atoms with E-state index in [4.69, 9.17) is 0 Å². The van der Waals surface area contributed by atoms with Gasteiger partial charge in [0.25, 0.3) is 0 Å². The summed E-state index contributed by atoms with van der Waals surface area (Å²) in [4.78, 5) is 2.98. The van der Waals surface area contributed by atoms with Crippen molar-refractivity contribution >= 4 is 10.0 Å². The number of sulfonamides is 1. The molecule has 2 aliphatic heterocycles. The molecule has 1 aliphatic carbocycles. The van der Waals surface area contributed by atoms with Crippen LogP contribution in [0.3, 0.4) is 0 Å². The molecule has 0 N–H and O–H groups in total. The molecule has 4 nitrogen and oxygen atoms in total. The monoisotopic (exact) mass is 452 g/mol. The summed E-state index contributed by atoms with van der Waals surface area (Å²) in [6.07, 6.45) is 9.56. The summed E-state index contributed by atoms with van der Waals surface area (Å²) in [6, 6.07) is 16.5. The number of piperidine rings is 1. The summed E-state index contributed by atoms with van der Waals surface area (Å²) in [5.74, 6) is 1.01. The lowest BCUT2D eigenvalue weighted by molar-refractivity contribution is 0.167. The zero-order valence-electron chi connectivity index (χ0n) is 19.1. The molecule has 0 bridgehead atoms. The Labute approximate surface area is 193 Å². The zero-order chi connectivity index (χ0) is 22.0. The fraction of sp³-hybridized carbons (Fsp3) is 0.556. The Morgan fingerprint density at radius 2 is 1.56 bits per heavy atom. The number of hydrogen-bond acceptors (Lipinski definition) is 3. The lowest BCUT2D eigenvalue weighted by Crippen LogP contribution is -2.44. The fourth-order valence-corrected chi connectivity index (χ4v) is 7.52. The van der Waals surface area contributed by atoms with Gasteiger partial charge in [-0.1, -0.05) is 55.7 Å². The molecule has 3 aliphatic rings. The van der Waals surface area contributed by atoms with Crippen molar-refractivity contribution in [2.75, 3.05) is 26.2 Å². The van der Waals surface area contributed by atoms with Gasteiger partial charge in [-0.2, -0.15) is 4.31 Å². The Hall–Kier alpha value is -1.69. The molecular formula is C27H36N2O2S. The quantitative estimate of drug-likeness (QED) is 0.627. The smallest absolute Gasteiger partial charge is 0.243 e. The van der Waals surface area contributed by atoms with Gasteiger partial charge >= 0.3 is 0 Å². The van der Waals surface area contributed by atoms with Crippen molar-refractivity contribution in [3.05, 3.63) is 65.2 Å². The van der Waals surface area contributed by atoms with Crippen LogP contribution in [0.15, 0.2) is 53.4 Å². The van der Waals surface area contributed by atoms with Crippen molar-refractivity contribution in [2.45, 2.75) is 68.7 Å². The lowest BCUT2D eigenvalue weighted by Gasteiger charge is -2.36. The van der Waals surface area contributed by atoms with Crippen LogP contribution in [-0.4, -0.2) is 43.8 Å². The maximum atomic E-state index is 13.4. The minimum Gasteiger partial charge on any atom is -0.298 e. The topological polar surface area (TPSA) is 40.6 Å². The molecule has 0 radical (unpaired) electrons.